The Morgan fingerprint density at radius 3 is 2.07 bits per heavy atom. The standard InChI is InChI=1S/C20H25FN2O5S2/c1-5-18(23(30(4,27)28)19-9-7-6-8-17(19)21)20(24)22-14(2)15-10-12-16(13-11-15)29(3,25)26/h6-14,18H,5H2,1-4H3,(H,22,24)/t14-,18-/m0/s1. The van der Waals surface area contributed by atoms with Crippen LogP contribution in [0.5, 0.6) is 0 Å². The van der Waals surface area contributed by atoms with Gasteiger partial charge in [0.15, 0.2) is 9.84 Å². The van der Waals surface area contributed by atoms with Gasteiger partial charge < -0.3 is 5.32 Å². The molecule has 7 nitrogen and oxygen atoms in total. The third-order valence-electron chi connectivity index (χ3n) is 4.59. The molecule has 10 heteroatoms. The molecule has 0 aliphatic rings. The summed E-state index contributed by atoms with van der Waals surface area (Å²) in [6, 6.07) is 9.71. The van der Waals surface area contributed by atoms with Gasteiger partial charge in [-0.25, -0.2) is 21.2 Å². The van der Waals surface area contributed by atoms with Gasteiger partial charge in [-0.1, -0.05) is 31.2 Å². The molecule has 2 atom stereocenters. The minimum atomic E-state index is -3.95. The predicted octanol–water partition coefficient (Wildman–Crippen LogP) is 2.65. The largest absolute Gasteiger partial charge is 0.348 e. The van der Waals surface area contributed by atoms with Gasteiger partial charge in [0.2, 0.25) is 15.9 Å². The summed E-state index contributed by atoms with van der Waals surface area (Å²) in [6.07, 6.45) is 2.14. The van der Waals surface area contributed by atoms with Crippen LogP contribution in [-0.2, 0) is 24.7 Å². The Hall–Kier alpha value is -2.46. The van der Waals surface area contributed by atoms with E-state index < -0.39 is 43.7 Å². The zero-order valence-corrected chi connectivity index (χ0v) is 18.8. The van der Waals surface area contributed by atoms with Gasteiger partial charge in [-0.2, -0.15) is 0 Å². The molecule has 2 rings (SSSR count). The van der Waals surface area contributed by atoms with E-state index in [0.29, 0.717) is 5.56 Å². The van der Waals surface area contributed by atoms with Crippen LogP contribution in [-0.4, -0.2) is 41.3 Å². The summed E-state index contributed by atoms with van der Waals surface area (Å²) in [5.41, 5.74) is 0.439. The fraction of sp³-hybridized carbons (Fsp3) is 0.350. The smallest absolute Gasteiger partial charge is 0.244 e. The molecule has 1 amide bonds. The SMILES string of the molecule is CC[C@@H](C(=O)N[C@@H](C)c1ccc(S(C)(=O)=O)cc1)N(c1ccccc1F)S(C)(=O)=O. The molecule has 0 saturated heterocycles. The van der Waals surface area contributed by atoms with Crippen molar-refractivity contribution >= 4 is 31.5 Å². The summed E-state index contributed by atoms with van der Waals surface area (Å²) < 4.78 is 63.1. The average molecular weight is 457 g/mol. The molecule has 2 aromatic rings. The lowest BCUT2D eigenvalue weighted by Crippen LogP contribution is -2.50. The number of nitrogens with one attached hydrogen (secondary N) is 1. The molecule has 1 N–H and O–H groups in total. The van der Waals surface area contributed by atoms with Gasteiger partial charge in [-0.05, 0) is 43.2 Å². The average Bonchev–Trinajstić information content (AvgIpc) is 2.65. The summed E-state index contributed by atoms with van der Waals surface area (Å²) >= 11 is 0. The van der Waals surface area contributed by atoms with E-state index in [1.165, 1.54) is 30.3 Å². The summed E-state index contributed by atoms with van der Waals surface area (Å²) in [5.74, 6) is -1.34. The molecule has 0 unspecified atom stereocenters. The van der Waals surface area contributed by atoms with Crippen LogP contribution in [0.2, 0.25) is 0 Å². The molecule has 0 aromatic heterocycles. The quantitative estimate of drug-likeness (QED) is 0.658. The molecule has 0 aliphatic carbocycles. The van der Waals surface area contributed by atoms with E-state index >= 15 is 0 Å². The predicted molar refractivity (Wildman–Crippen MR) is 114 cm³/mol. The van der Waals surface area contributed by atoms with Crippen LogP contribution >= 0.6 is 0 Å². The highest BCUT2D eigenvalue weighted by atomic mass is 32.2. The van der Waals surface area contributed by atoms with Crippen molar-refractivity contribution < 1.29 is 26.0 Å². The minimum absolute atomic E-state index is 0.118. The molecule has 0 heterocycles. The highest BCUT2D eigenvalue weighted by molar-refractivity contribution is 7.92. The van der Waals surface area contributed by atoms with Crippen LogP contribution in [0.3, 0.4) is 0 Å². The number of para-hydroxylation sites is 1. The Balaban J connectivity index is 2.31. The van der Waals surface area contributed by atoms with Gasteiger partial charge in [0, 0.05) is 6.26 Å². The van der Waals surface area contributed by atoms with Crippen molar-refractivity contribution in [3.8, 4) is 0 Å². The molecule has 0 saturated carbocycles. The zero-order valence-electron chi connectivity index (χ0n) is 17.2. The van der Waals surface area contributed by atoms with Crippen LogP contribution in [0, 0.1) is 5.82 Å². The van der Waals surface area contributed by atoms with Gasteiger partial charge in [0.05, 0.1) is 22.9 Å². The summed E-state index contributed by atoms with van der Waals surface area (Å²) in [7, 11) is -7.30. The van der Waals surface area contributed by atoms with Crippen molar-refractivity contribution in [3.05, 3.63) is 59.9 Å². The minimum Gasteiger partial charge on any atom is -0.348 e. The van der Waals surface area contributed by atoms with E-state index in [1.807, 2.05) is 0 Å². The van der Waals surface area contributed by atoms with Gasteiger partial charge >= 0.3 is 0 Å². The Bertz CT molecular complexity index is 1120. The van der Waals surface area contributed by atoms with Gasteiger partial charge in [0.1, 0.15) is 11.9 Å². The number of amides is 1. The molecule has 0 radical (unpaired) electrons. The first-order valence-electron chi connectivity index (χ1n) is 9.20. The van der Waals surface area contributed by atoms with E-state index in [0.717, 1.165) is 22.9 Å². The second-order valence-electron chi connectivity index (χ2n) is 7.01. The van der Waals surface area contributed by atoms with Gasteiger partial charge in [-0.3, -0.25) is 9.10 Å². The normalized spacial score (nSPS) is 14.0. The second kappa shape index (κ2) is 9.13. The number of halogens is 1. The Morgan fingerprint density at radius 2 is 1.60 bits per heavy atom. The van der Waals surface area contributed by atoms with Gasteiger partial charge in [0.25, 0.3) is 0 Å². The number of hydrogen-bond acceptors (Lipinski definition) is 5. The molecule has 0 bridgehead atoms. The molecular weight excluding hydrogens is 431 g/mol. The van der Waals surface area contributed by atoms with Crippen molar-refractivity contribution in [1.82, 2.24) is 5.32 Å². The molecule has 30 heavy (non-hydrogen) atoms. The molecule has 0 aliphatic heterocycles. The maximum Gasteiger partial charge on any atom is 0.244 e. The van der Waals surface area contributed by atoms with E-state index in [1.54, 1.807) is 26.0 Å². The van der Waals surface area contributed by atoms with Crippen LogP contribution in [0.4, 0.5) is 10.1 Å². The third-order valence-corrected chi connectivity index (χ3v) is 6.88. The van der Waals surface area contributed by atoms with Gasteiger partial charge in [-0.15, -0.1) is 0 Å². The number of carbonyl (C=O) groups excluding carboxylic acids is 1. The maximum absolute atomic E-state index is 14.3. The monoisotopic (exact) mass is 456 g/mol. The molecule has 0 spiro atoms. The Labute approximate surface area is 176 Å². The van der Waals surface area contributed by atoms with E-state index in [9.17, 15) is 26.0 Å². The first-order valence-corrected chi connectivity index (χ1v) is 12.9. The molecule has 164 valence electrons. The number of sulfone groups is 1. The Morgan fingerprint density at radius 1 is 1.03 bits per heavy atom. The summed E-state index contributed by atoms with van der Waals surface area (Å²) in [5, 5.41) is 2.73. The fourth-order valence-electron chi connectivity index (χ4n) is 3.06. The van der Waals surface area contributed by atoms with Crippen molar-refractivity contribution in [2.24, 2.45) is 0 Å². The topological polar surface area (TPSA) is 101 Å². The van der Waals surface area contributed by atoms with E-state index in [2.05, 4.69) is 5.32 Å². The van der Waals surface area contributed by atoms with Crippen molar-refractivity contribution in [3.63, 3.8) is 0 Å². The number of rotatable bonds is 8. The number of anilines is 1. The first kappa shape index (κ1) is 23.8. The lowest BCUT2D eigenvalue weighted by molar-refractivity contribution is -0.122. The van der Waals surface area contributed by atoms with E-state index in [-0.39, 0.29) is 17.0 Å². The number of carbonyl (C=O) groups is 1. The third kappa shape index (κ3) is 5.57. The maximum atomic E-state index is 14.3. The van der Waals surface area contributed by atoms with Crippen LogP contribution in [0.1, 0.15) is 31.9 Å². The van der Waals surface area contributed by atoms with E-state index in [4.69, 9.17) is 0 Å². The lowest BCUT2D eigenvalue weighted by Gasteiger charge is -2.31. The van der Waals surface area contributed by atoms with Crippen LogP contribution in [0.25, 0.3) is 0 Å². The number of hydrogen-bond donors (Lipinski definition) is 1. The zero-order chi connectivity index (χ0) is 22.7. The van der Waals surface area contributed by atoms with Crippen molar-refractivity contribution in [2.75, 3.05) is 16.8 Å². The van der Waals surface area contributed by atoms with Crippen LogP contribution < -0.4 is 9.62 Å². The number of nitrogens with zero attached hydrogens (tertiary/aromatic N) is 1. The highest BCUT2D eigenvalue weighted by Gasteiger charge is 2.33. The fourth-order valence-corrected chi connectivity index (χ4v) is 4.91. The molecular formula is C20H25FN2O5S2. The van der Waals surface area contributed by atoms with Crippen molar-refractivity contribution in [1.29, 1.82) is 0 Å². The Kier molecular flexibility index (Phi) is 7.25. The number of benzene rings is 2. The molecule has 0 fully saturated rings. The summed E-state index contributed by atoms with van der Waals surface area (Å²) in [6.45, 7) is 3.32. The highest BCUT2D eigenvalue weighted by Crippen LogP contribution is 2.26. The second-order valence-corrected chi connectivity index (χ2v) is 10.9. The van der Waals surface area contributed by atoms with Crippen molar-refractivity contribution in [2.45, 2.75) is 37.2 Å². The van der Waals surface area contributed by atoms with Crippen LogP contribution in [0.15, 0.2) is 53.4 Å². The summed E-state index contributed by atoms with van der Waals surface area (Å²) in [4.78, 5) is 13.1. The number of sulfonamides is 1. The lowest BCUT2D eigenvalue weighted by atomic mass is 10.1. The molecule has 2 aromatic carbocycles. The first-order chi connectivity index (χ1) is 13.9.